The number of rotatable bonds is 6. The third-order valence-electron chi connectivity index (χ3n) is 4.68. The molecule has 8 heteroatoms. The number of urea groups is 1. The highest BCUT2D eigenvalue weighted by Gasteiger charge is 2.33. The molecule has 2 saturated heterocycles. The van der Waals surface area contributed by atoms with Gasteiger partial charge in [-0.15, -0.1) is 0 Å². The monoisotopic (exact) mass is 332 g/mol. The largest absolute Gasteiger partial charge is 0.326 e. The van der Waals surface area contributed by atoms with Crippen molar-refractivity contribution in [2.24, 2.45) is 0 Å². The van der Waals surface area contributed by atoms with Gasteiger partial charge in [0.2, 0.25) is 10.0 Å². The van der Waals surface area contributed by atoms with Crippen molar-refractivity contribution in [2.75, 3.05) is 59.6 Å². The van der Waals surface area contributed by atoms with Crippen molar-refractivity contribution >= 4 is 16.1 Å². The lowest BCUT2D eigenvalue weighted by Gasteiger charge is -2.36. The molecule has 0 spiro atoms. The summed E-state index contributed by atoms with van der Waals surface area (Å²) >= 11 is 0. The molecular formula is C14H28N4O3S. The number of sulfonamides is 1. The molecule has 2 fully saturated rings. The van der Waals surface area contributed by atoms with Gasteiger partial charge in [0.1, 0.15) is 0 Å². The normalized spacial score (nSPS) is 22.1. The van der Waals surface area contributed by atoms with Crippen LogP contribution in [0.5, 0.6) is 0 Å². The van der Waals surface area contributed by atoms with Crippen LogP contribution in [0.2, 0.25) is 0 Å². The predicted octanol–water partition coefficient (Wildman–Crippen LogP) is 0.0997. The van der Waals surface area contributed by atoms with Gasteiger partial charge in [-0.2, -0.15) is 0 Å². The van der Waals surface area contributed by atoms with Gasteiger partial charge in [0.15, 0.2) is 0 Å². The Kier molecular flexibility index (Phi) is 5.68. The summed E-state index contributed by atoms with van der Waals surface area (Å²) in [6.07, 6.45) is 2.64. The van der Waals surface area contributed by atoms with Crippen molar-refractivity contribution in [3.8, 4) is 0 Å². The highest BCUT2D eigenvalue weighted by atomic mass is 32.2. The van der Waals surface area contributed by atoms with E-state index >= 15 is 0 Å². The minimum atomic E-state index is -3.09. The molecular weight excluding hydrogens is 304 g/mol. The molecule has 128 valence electrons. The number of carbonyl (C=O) groups excluding carboxylic acids is 1. The molecule has 0 bridgehead atoms. The number of likely N-dealkylation sites (N-methyl/N-ethyl adjacent to an activating group) is 1. The van der Waals surface area contributed by atoms with Gasteiger partial charge in [0.25, 0.3) is 0 Å². The first-order chi connectivity index (χ1) is 10.3. The van der Waals surface area contributed by atoms with E-state index in [1.807, 2.05) is 11.9 Å². The van der Waals surface area contributed by atoms with Crippen LogP contribution in [-0.2, 0) is 10.0 Å². The second-order valence-electron chi connectivity index (χ2n) is 6.42. The Hall–Kier alpha value is -0.860. The summed E-state index contributed by atoms with van der Waals surface area (Å²) in [4.78, 5) is 18.1. The van der Waals surface area contributed by atoms with Crippen LogP contribution in [0, 0.1) is 0 Å². The van der Waals surface area contributed by atoms with Gasteiger partial charge in [-0.3, -0.25) is 0 Å². The highest BCUT2D eigenvalue weighted by Crippen LogP contribution is 2.20. The second kappa shape index (κ2) is 7.14. The molecule has 0 aromatic rings. The molecule has 2 aliphatic rings. The number of nitrogens with zero attached hydrogens (tertiary/aromatic N) is 4. The minimum absolute atomic E-state index is 0.149. The van der Waals surface area contributed by atoms with Gasteiger partial charge >= 0.3 is 6.03 Å². The molecule has 2 amide bonds. The number of hydrogen-bond acceptors (Lipinski definition) is 4. The number of carbonyl (C=O) groups is 1. The summed E-state index contributed by atoms with van der Waals surface area (Å²) in [6.45, 7) is 4.36. The fourth-order valence-corrected chi connectivity index (χ4v) is 3.97. The molecule has 0 unspecified atom stereocenters. The molecule has 0 saturated carbocycles. The van der Waals surface area contributed by atoms with Crippen LogP contribution in [0.1, 0.15) is 19.3 Å². The molecule has 2 aliphatic heterocycles. The summed E-state index contributed by atoms with van der Waals surface area (Å²) in [5.74, 6) is 0.204. The van der Waals surface area contributed by atoms with E-state index in [0.717, 1.165) is 45.6 Å². The fourth-order valence-electron chi connectivity index (χ4n) is 3.11. The Balaban J connectivity index is 1.71. The molecule has 0 aromatic heterocycles. The maximum absolute atomic E-state index is 12.0. The van der Waals surface area contributed by atoms with Crippen molar-refractivity contribution in [3.63, 3.8) is 0 Å². The number of amides is 2. The lowest BCUT2D eigenvalue weighted by atomic mass is 10.0. The van der Waals surface area contributed by atoms with Crippen LogP contribution in [0.15, 0.2) is 0 Å². The quantitative estimate of drug-likeness (QED) is 0.692. The van der Waals surface area contributed by atoms with E-state index in [-0.39, 0.29) is 11.8 Å². The number of likely N-dealkylation sites (tertiary alicyclic amines) is 1. The summed E-state index contributed by atoms with van der Waals surface area (Å²) < 4.78 is 24.7. The van der Waals surface area contributed by atoms with E-state index in [1.165, 1.54) is 4.31 Å². The zero-order valence-electron chi connectivity index (χ0n) is 13.9. The molecule has 22 heavy (non-hydrogen) atoms. The Morgan fingerprint density at radius 2 is 1.77 bits per heavy atom. The average Bonchev–Trinajstić information content (AvgIpc) is 2.79. The van der Waals surface area contributed by atoms with Gasteiger partial charge < -0.3 is 14.7 Å². The molecule has 0 radical (unpaired) electrons. The molecule has 0 aliphatic carbocycles. The van der Waals surface area contributed by atoms with Gasteiger partial charge in [-0.1, -0.05) is 0 Å². The van der Waals surface area contributed by atoms with Crippen molar-refractivity contribution < 1.29 is 13.2 Å². The Bertz CT molecular complexity index is 486. The smallest absolute Gasteiger partial charge is 0.320 e. The minimum Gasteiger partial charge on any atom is -0.326 e. The van der Waals surface area contributed by atoms with E-state index in [4.69, 9.17) is 0 Å². The van der Waals surface area contributed by atoms with Crippen molar-refractivity contribution in [3.05, 3.63) is 0 Å². The van der Waals surface area contributed by atoms with E-state index in [1.54, 1.807) is 19.0 Å². The van der Waals surface area contributed by atoms with Gasteiger partial charge in [-0.25, -0.2) is 17.5 Å². The molecule has 7 nitrogen and oxygen atoms in total. The first-order valence-corrected chi connectivity index (χ1v) is 9.56. The summed E-state index contributed by atoms with van der Waals surface area (Å²) in [6, 6.07) is 0.495. The Labute approximate surface area is 133 Å². The Morgan fingerprint density at radius 1 is 1.14 bits per heavy atom. The number of piperidine rings is 1. The second-order valence-corrected chi connectivity index (χ2v) is 8.72. The first kappa shape index (κ1) is 17.5. The van der Waals surface area contributed by atoms with Gasteiger partial charge in [-0.05, 0) is 25.8 Å². The van der Waals surface area contributed by atoms with Crippen LogP contribution in [-0.4, -0.2) is 99.1 Å². The van der Waals surface area contributed by atoms with Crippen LogP contribution in [0.3, 0.4) is 0 Å². The lowest BCUT2D eigenvalue weighted by Crippen LogP contribution is -2.46. The first-order valence-electron chi connectivity index (χ1n) is 7.95. The maximum Gasteiger partial charge on any atom is 0.320 e. The standard InChI is InChI=1S/C14H28N4O3S/c1-15(2)22(20,21)12-4-7-17-8-5-13(6-9-17)18-11-10-16(3)14(18)19/h13H,4-12H2,1-3H3. The molecule has 0 N–H and O–H groups in total. The zero-order valence-corrected chi connectivity index (χ0v) is 14.7. The van der Waals surface area contributed by atoms with Crippen LogP contribution in [0.4, 0.5) is 4.79 Å². The van der Waals surface area contributed by atoms with Crippen LogP contribution in [0.25, 0.3) is 0 Å². The molecule has 0 atom stereocenters. The van der Waals surface area contributed by atoms with Gasteiger partial charge in [0, 0.05) is 53.4 Å². The van der Waals surface area contributed by atoms with Crippen molar-refractivity contribution in [1.82, 2.24) is 19.0 Å². The zero-order chi connectivity index (χ0) is 16.3. The summed E-state index contributed by atoms with van der Waals surface area (Å²) in [7, 11) is 1.91. The SMILES string of the molecule is CN1CCN(C2CCN(CCCS(=O)(=O)N(C)C)CC2)C1=O. The van der Waals surface area contributed by atoms with Gasteiger partial charge in [0.05, 0.1) is 5.75 Å². The topological polar surface area (TPSA) is 64.2 Å². The van der Waals surface area contributed by atoms with Crippen LogP contribution < -0.4 is 0 Å². The Morgan fingerprint density at radius 3 is 2.27 bits per heavy atom. The summed E-state index contributed by atoms with van der Waals surface area (Å²) in [5, 5.41) is 0. The predicted molar refractivity (Wildman–Crippen MR) is 86.3 cm³/mol. The van der Waals surface area contributed by atoms with Crippen molar-refractivity contribution in [1.29, 1.82) is 0 Å². The number of hydrogen-bond donors (Lipinski definition) is 0. The maximum atomic E-state index is 12.0. The van der Waals surface area contributed by atoms with E-state index in [9.17, 15) is 13.2 Å². The fraction of sp³-hybridized carbons (Fsp3) is 0.929. The van der Waals surface area contributed by atoms with E-state index < -0.39 is 10.0 Å². The van der Waals surface area contributed by atoms with E-state index in [2.05, 4.69) is 4.90 Å². The molecule has 0 aromatic carbocycles. The molecule has 2 heterocycles. The highest BCUT2D eigenvalue weighted by molar-refractivity contribution is 7.89. The van der Waals surface area contributed by atoms with Crippen molar-refractivity contribution in [2.45, 2.75) is 25.3 Å². The van der Waals surface area contributed by atoms with Crippen LogP contribution >= 0.6 is 0 Å². The van der Waals surface area contributed by atoms with E-state index in [0.29, 0.717) is 12.5 Å². The molecule has 2 rings (SSSR count). The average molecular weight is 332 g/mol. The summed E-state index contributed by atoms with van der Waals surface area (Å²) in [5.41, 5.74) is 0. The lowest BCUT2D eigenvalue weighted by molar-refractivity contribution is 0.131. The third kappa shape index (κ3) is 4.11. The third-order valence-corrected chi connectivity index (χ3v) is 6.60.